The van der Waals surface area contributed by atoms with Crippen LogP contribution >= 0.6 is 35.0 Å². The number of nitrogens with one attached hydrogen (secondary N) is 1. The largest absolute Gasteiger partial charge is 0.339 e. The zero-order valence-corrected chi connectivity index (χ0v) is 10.3. The van der Waals surface area contributed by atoms with Crippen LogP contribution in [0.1, 0.15) is 17.9 Å². The van der Waals surface area contributed by atoms with Gasteiger partial charge in [-0.15, -0.1) is 11.8 Å². The van der Waals surface area contributed by atoms with E-state index in [1.54, 1.807) is 23.9 Å². The highest BCUT2D eigenvalue weighted by Crippen LogP contribution is 2.39. The molecule has 5 heteroatoms. The third-order valence-corrected chi connectivity index (χ3v) is 4.06. The molecule has 80 valence electrons. The second kappa shape index (κ2) is 4.24. The van der Waals surface area contributed by atoms with Crippen molar-refractivity contribution in [3.8, 4) is 0 Å². The summed E-state index contributed by atoms with van der Waals surface area (Å²) in [6, 6.07) is 5.31. The van der Waals surface area contributed by atoms with Gasteiger partial charge in [0.05, 0.1) is 5.25 Å². The van der Waals surface area contributed by atoms with Crippen molar-refractivity contribution in [3.05, 3.63) is 33.8 Å². The Bertz CT molecular complexity index is 410. The fourth-order valence-corrected chi connectivity index (χ4v) is 3.13. The maximum atomic E-state index is 11.3. The predicted molar refractivity (Wildman–Crippen MR) is 64.4 cm³/mol. The van der Waals surface area contributed by atoms with Crippen LogP contribution in [0, 0.1) is 0 Å². The standard InChI is InChI=1S/C10H9Cl2NOS/c1-5-9(14)13-10(15-5)7-3-2-6(11)4-8(7)12/h2-5,10H,1H3,(H,13,14)/t5-,10+/m1/s1. The van der Waals surface area contributed by atoms with Crippen LogP contribution in [0.3, 0.4) is 0 Å². The summed E-state index contributed by atoms with van der Waals surface area (Å²) in [7, 11) is 0. The van der Waals surface area contributed by atoms with Crippen LogP contribution in [0.5, 0.6) is 0 Å². The molecule has 1 aromatic carbocycles. The third-order valence-electron chi connectivity index (χ3n) is 2.23. The molecule has 1 aliphatic heterocycles. The molecule has 1 saturated heterocycles. The Morgan fingerprint density at radius 2 is 2.13 bits per heavy atom. The van der Waals surface area contributed by atoms with Gasteiger partial charge >= 0.3 is 0 Å². The molecule has 2 rings (SSSR count). The van der Waals surface area contributed by atoms with Crippen molar-refractivity contribution in [3.63, 3.8) is 0 Å². The lowest BCUT2D eigenvalue weighted by Gasteiger charge is -2.11. The van der Waals surface area contributed by atoms with E-state index in [0.717, 1.165) is 5.56 Å². The number of rotatable bonds is 1. The fraction of sp³-hybridized carbons (Fsp3) is 0.300. The summed E-state index contributed by atoms with van der Waals surface area (Å²) in [4.78, 5) is 11.3. The van der Waals surface area contributed by atoms with E-state index in [4.69, 9.17) is 23.2 Å². The van der Waals surface area contributed by atoms with Gasteiger partial charge in [-0.1, -0.05) is 29.3 Å². The Labute approximate surface area is 102 Å². The number of thioether (sulfide) groups is 1. The van der Waals surface area contributed by atoms with Gasteiger partial charge in [0.25, 0.3) is 0 Å². The lowest BCUT2D eigenvalue weighted by Crippen LogP contribution is -2.22. The third kappa shape index (κ3) is 2.25. The minimum absolute atomic E-state index is 0.0262. The van der Waals surface area contributed by atoms with Crippen molar-refractivity contribution >= 4 is 40.9 Å². The van der Waals surface area contributed by atoms with Gasteiger partial charge in [-0.25, -0.2) is 0 Å². The summed E-state index contributed by atoms with van der Waals surface area (Å²) in [5, 5.41) is 3.99. The van der Waals surface area contributed by atoms with E-state index in [9.17, 15) is 4.79 Å². The Balaban J connectivity index is 2.27. The molecule has 2 nitrogen and oxygen atoms in total. The van der Waals surface area contributed by atoms with Crippen molar-refractivity contribution in [2.24, 2.45) is 0 Å². The van der Waals surface area contributed by atoms with E-state index in [-0.39, 0.29) is 16.5 Å². The van der Waals surface area contributed by atoms with Gasteiger partial charge in [-0.05, 0) is 19.1 Å². The van der Waals surface area contributed by atoms with Gasteiger partial charge in [-0.3, -0.25) is 4.79 Å². The lowest BCUT2D eigenvalue weighted by atomic mass is 10.2. The Morgan fingerprint density at radius 1 is 1.40 bits per heavy atom. The summed E-state index contributed by atoms with van der Waals surface area (Å²) >= 11 is 13.4. The average Bonchev–Trinajstić information content (AvgIpc) is 2.46. The minimum atomic E-state index is -0.0581. The van der Waals surface area contributed by atoms with E-state index >= 15 is 0 Å². The second-order valence-electron chi connectivity index (χ2n) is 3.33. The van der Waals surface area contributed by atoms with E-state index in [2.05, 4.69) is 5.32 Å². The van der Waals surface area contributed by atoms with Crippen LogP contribution in [-0.4, -0.2) is 11.2 Å². The molecule has 1 aliphatic rings. The van der Waals surface area contributed by atoms with Crippen LogP contribution < -0.4 is 5.32 Å². The number of carbonyl (C=O) groups is 1. The Kier molecular flexibility index (Phi) is 3.14. The normalized spacial score (nSPS) is 25.4. The molecular formula is C10H9Cl2NOS. The predicted octanol–water partition coefficient (Wildman–Crippen LogP) is 3.24. The van der Waals surface area contributed by atoms with Crippen molar-refractivity contribution in [1.82, 2.24) is 5.32 Å². The van der Waals surface area contributed by atoms with Crippen LogP contribution in [-0.2, 0) is 4.79 Å². The zero-order chi connectivity index (χ0) is 11.0. The molecule has 0 aliphatic carbocycles. The van der Waals surface area contributed by atoms with Crippen LogP contribution in [0.4, 0.5) is 0 Å². The molecule has 0 spiro atoms. The molecule has 1 heterocycles. The quantitative estimate of drug-likeness (QED) is 0.841. The van der Waals surface area contributed by atoms with E-state index in [1.807, 2.05) is 13.0 Å². The van der Waals surface area contributed by atoms with Crippen molar-refractivity contribution in [1.29, 1.82) is 0 Å². The molecule has 0 aromatic heterocycles. The Morgan fingerprint density at radius 3 is 2.67 bits per heavy atom. The van der Waals surface area contributed by atoms with Crippen molar-refractivity contribution < 1.29 is 4.79 Å². The summed E-state index contributed by atoms with van der Waals surface area (Å²) in [5.41, 5.74) is 0.906. The van der Waals surface area contributed by atoms with Gasteiger partial charge in [-0.2, -0.15) is 0 Å². The number of halogens is 2. The SMILES string of the molecule is C[C@H]1S[C@@H](c2ccc(Cl)cc2Cl)NC1=O. The maximum Gasteiger partial charge on any atom is 0.234 e. The topological polar surface area (TPSA) is 29.1 Å². The molecule has 2 atom stereocenters. The number of hydrogen-bond donors (Lipinski definition) is 1. The second-order valence-corrected chi connectivity index (χ2v) is 5.63. The summed E-state index contributed by atoms with van der Waals surface area (Å²) in [6.45, 7) is 1.88. The summed E-state index contributed by atoms with van der Waals surface area (Å²) < 4.78 is 0. The van der Waals surface area contributed by atoms with Crippen molar-refractivity contribution in [2.45, 2.75) is 17.5 Å². The van der Waals surface area contributed by atoms with Crippen LogP contribution in [0.2, 0.25) is 10.0 Å². The molecular weight excluding hydrogens is 253 g/mol. The molecule has 1 fully saturated rings. The van der Waals surface area contributed by atoms with Gasteiger partial charge in [0.15, 0.2) is 0 Å². The molecule has 0 radical (unpaired) electrons. The highest BCUT2D eigenvalue weighted by Gasteiger charge is 2.31. The van der Waals surface area contributed by atoms with Gasteiger partial charge in [0, 0.05) is 15.6 Å². The molecule has 1 N–H and O–H groups in total. The first-order valence-electron chi connectivity index (χ1n) is 4.48. The van der Waals surface area contributed by atoms with E-state index in [1.165, 1.54) is 0 Å². The number of amides is 1. The number of carbonyl (C=O) groups excluding carboxylic acids is 1. The average molecular weight is 262 g/mol. The highest BCUT2D eigenvalue weighted by molar-refractivity contribution is 8.01. The van der Waals surface area contributed by atoms with Gasteiger partial charge in [0.1, 0.15) is 5.37 Å². The van der Waals surface area contributed by atoms with Crippen LogP contribution in [0.25, 0.3) is 0 Å². The van der Waals surface area contributed by atoms with Gasteiger partial charge in [0.2, 0.25) is 5.91 Å². The first-order valence-corrected chi connectivity index (χ1v) is 6.18. The molecule has 1 aromatic rings. The molecule has 0 unspecified atom stereocenters. The van der Waals surface area contributed by atoms with E-state index in [0.29, 0.717) is 10.0 Å². The summed E-state index contributed by atoms with van der Waals surface area (Å²) in [6.07, 6.45) is 0. The summed E-state index contributed by atoms with van der Waals surface area (Å²) in [5.74, 6) is 0.0519. The molecule has 0 saturated carbocycles. The monoisotopic (exact) mass is 261 g/mol. The molecule has 1 amide bonds. The number of benzene rings is 1. The van der Waals surface area contributed by atoms with Crippen LogP contribution in [0.15, 0.2) is 18.2 Å². The molecule has 15 heavy (non-hydrogen) atoms. The number of hydrogen-bond acceptors (Lipinski definition) is 2. The minimum Gasteiger partial charge on any atom is -0.339 e. The highest BCUT2D eigenvalue weighted by atomic mass is 35.5. The van der Waals surface area contributed by atoms with Gasteiger partial charge < -0.3 is 5.32 Å². The van der Waals surface area contributed by atoms with E-state index < -0.39 is 0 Å². The lowest BCUT2D eigenvalue weighted by molar-refractivity contribution is -0.119. The smallest absolute Gasteiger partial charge is 0.234 e. The fourth-order valence-electron chi connectivity index (χ4n) is 1.41. The van der Waals surface area contributed by atoms with Crippen molar-refractivity contribution in [2.75, 3.05) is 0 Å². The Hall–Kier alpha value is -0.380. The first-order chi connectivity index (χ1) is 7.08. The first kappa shape index (κ1) is 11.1. The molecule has 0 bridgehead atoms. The zero-order valence-electron chi connectivity index (χ0n) is 7.96. The maximum absolute atomic E-state index is 11.3.